The molecule has 0 bridgehead atoms. The van der Waals surface area contributed by atoms with Crippen LogP contribution < -0.4 is 9.64 Å². The Hall–Kier alpha value is -3.37. The maximum atomic E-state index is 13.0. The highest BCUT2D eigenvalue weighted by Gasteiger charge is 2.85. The lowest BCUT2D eigenvalue weighted by molar-refractivity contribution is -0.154. The van der Waals surface area contributed by atoms with Crippen molar-refractivity contribution in [3.63, 3.8) is 0 Å². The molecule has 1 aliphatic heterocycles. The van der Waals surface area contributed by atoms with Crippen molar-refractivity contribution in [2.45, 2.75) is 49.2 Å². The molecule has 0 saturated heterocycles. The van der Waals surface area contributed by atoms with Crippen molar-refractivity contribution in [3.05, 3.63) is 34.2 Å². The Balaban J connectivity index is 1.87. The number of esters is 1. The fourth-order valence-corrected chi connectivity index (χ4v) is 6.21. The van der Waals surface area contributed by atoms with E-state index in [4.69, 9.17) is 26.2 Å². The number of ether oxygens (including phenoxy) is 3. The Labute approximate surface area is 180 Å². The molecule has 1 heterocycles. The first-order valence-electron chi connectivity index (χ1n) is 10.1. The maximum Gasteiger partial charge on any atom is 0.414 e. The SMILES string of the molecule is C#CC1(OC(C)=O)CC[C@@]23[C@@H](C1)[C@]2(CCN=[N+]=[N-])c1cc(OC)ccc1N3C(=O)OC. The van der Waals surface area contributed by atoms with Crippen LogP contribution in [0, 0.1) is 18.3 Å². The van der Waals surface area contributed by atoms with Crippen LogP contribution in [-0.2, 0) is 19.7 Å². The van der Waals surface area contributed by atoms with Crippen LogP contribution in [-0.4, -0.2) is 44.0 Å². The van der Waals surface area contributed by atoms with Crippen molar-refractivity contribution >= 4 is 17.7 Å². The zero-order chi connectivity index (χ0) is 22.4. The van der Waals surface area contributed by atoms with Crippen molar-refractivity contribution in [1.29, 1.82) is 0 Å². The summed E-state index contributed by atoms with van der Waals surface area (Å²) in [6.07, 6.45) is 7.24. The molecule has 3 aliphatic rings. The van der Waals surface area contributed by atoms with Crippen molar-refractivity contribution in [1.82, 2.24) is 0 Å². The molecule has 0 N–H and O–H groups in total. The average Bonchev–Trinajstić information content (AvgIpc) is 3.25. The number of rotatable bonds is 5. The predicted molar refractivity (Wildman–Crippen MR) is 112 cm³/mol. The summed E-state index contributed by atoms with van der Waals surface area (Å²) in [7, 11) is 2.94. The lowest BCUT2D eigenvalue weighted by Gasteiger charge is -2.39. The van der Waals surface area contributed by atoms with Crippen molar-refractivity contribution < 1.29 is 23.8 Å². The summed E-state index contributed by atoms with van der Waals surface area (Å²) < 4.78 is 16.2. The van der Waals surface area contributed by atoms with Crippen LogP contribution in [0.2, 0.25) is 0 Å². The third-order valence-electron chi connectivity index (χ3n) is 7.26. The van der Waals surface area contributed by atoms with Gasteiger partial charge in [0.05, 0.1) is 25.4 Å². The number of hydrogen-bond donors (Lipinski definition) is 0. The van der Waals surface area contributed by atoms with E-state index in [1.54, 1.807) is 18.1 Å². The van der Waals surface area contributed by atoms with Crippen molar-refractivity contribution in [2.75, 3.05) is 25.7 Å². The number of terminal acetylenes is 1. The van der Waals surface area contributed by atoms with Gasteiger partial charge in [-0.25, -0.2) is 4.79 Å². The van der Waals surface area contributed by atoms with Crippen LogP contribution in [0.15, 0.2) is 23.3 Å². The summed E-state index contributed by atoms with van der Waals surface area (Å²) >= 11 is 0. The van der Waals surface area contributed by atoms with Gasteiger partial charge in [0.2, 0.25) is 0 Å². The number of fused-ring (bicyclic) bond motifs is 3. The highest BCUT2D eigenvalue weighted by molar-refractivity contribution is 5.97. The smallest absolute Gasteiger partial charge is 0.414 e. The van der Waals surface area contributed by atoms with Gasteiger partial charge in [-0.05, 0) is 42.1 Å². The van der Waals surface area contributed by atoms with Gasteiger partial charge in [0.15, 0.2) is 5.60 Å². The number of benzene rings is 1. The number of amides is 1. The Kier molecular flexibility index (Phi) is 4.78. The molecular formula is C22H24N4O5. The number of methoxy groups -OCH3 is 2. The molecule has 1 spiro atoms. The molecule has 2 saturated carbocycles. The zero-order valence-corrected chi connectivity index (χ0v) is 17.8. The highest BCUT2D eigenvalue weighted by Crippen LogP contribution is 2.80. The van der Waals surface area contributed by atoms with E-state index in [9.17, 15) is 9.59 Å². The minimum atomic E-state index is -1.03. The second-order valence-corrected chi connectivity index (χ2v) is 8.28. The number of azide groups is 1. The largest absolute Gasteiger partial charge is 0.497 e. The third-order valence-corrected chi connectivity index (χ3v) is 7.26. The standard InChI is InChI=1S/C22H24N4O5/c1-5-20(31-14(2)27)8-9-22-18(13-20)21(22,10-11-24-25-23)16-12-15(29-3)6-7-17(16)26(22)19(28)30-4/h1,6-7,12,18H,8-11,13H2,2-4H3/t18-,20?,21-,22+/m0/s1. The normalized spacial score (nSPS) is 31.8. The average molecular weight is 424 g/mol. The first-order chi connectivity index (χ1) is 14.9. The molecular weight excluding hydrogens is 400 g/mol. The molecule has 4 atom stereocenters. The highest BCUT2D eigenvalue weighted by atomic mass is 16.6. The van der Waals surface area contributed by atoms with Gasteiger partial charge < -0.3 is 14.2 Å². The summed E-state index contributed by atoms with van der Waals surface area (Å²) in [5.74, 6) is 2.84. The fourth-order valence-electron chi connectivity index (χ4n) is 6.21. The first kappa shape index (κ1) is 20.9. The number of anilines is 1. The van der Waals surface area contributed by atoms with E-state index in [1.807, 2.05) is 12.1 Å². The van der Waals surface area contributed by atoms with Crippen molar-refractivity contribution in [2.24, 2.45) is 11.0 Å². The summed E-state index contributed by atoms with van der Waals surface area (Å²) in [5.41, 5.74) is 8.42. The van der Waals surface area contributed by atoms with Crippen LogP contribution in [0.25, 0.3) is 10.4 Å². The van der Waals surface area contributed by atoms with Gasteiger partial charge >= 0.3 is 12.1 Å². The van der Waals surface area contributed by atoms with E-state index in [0.29, 0.717) is 31.4 Å². The summed E-state index contributed by atoms with van der Waals surface area (Å²) in [6, 6.07) is 5.59. The molecule has 1 amide bonds. The van der Waals surface area contributed by atoms with E-state index in [2.05, 4.69) is 15.9 Å². The molecule has 0 radical (unpaired) electrons. The van der Waals surface area contributed by atoms with Gasteiger partial charge in [0.1, 0.15) is 5.75 Å². The Morgan fingerprint density at radius 2 is 2.16 bits per heavy atom. The molecule has 1 aromatic rings. The molecule has 2 aliphatic carbocycles. The quantitative estimate of drug-likeness (QED) is 0.235. The second-order valence-electron chi connectivity index (χ2n) is 8.28. The Bertz CT molecular complexity index is 1040. The van der Waals surface area contributed by atoms with E-state index < -0.39 is 28.6 Å². The summed E-state index contributed by atoms with van der Waals surface area (Å²) in [5, 5.41) is 3.76. The predicted octanol–water partition coefficient (Wildman–Crippen LogP) is 3.71. The minimum Gasteiger partial charge on any atom is -0.497 e. The van der Waals surface area contributed by atoms with E-state index in [1.165, 1.54) is 14.0 Å². The van der Waals surface area contributed by atoms with Gasteiger partial charge in [-0.15, -0.1) is 6.42 Å². The van der Waals surface area contributed by atoms with Crippen LogP contribution in [0.3, 0.4) is 0 Å². The number of carbonyl (C=O) groups excluding carboxylic acids is 2. The molecule has 162 valence electrons. The fraction of sp³-hybridized carbons (Fsp3) is 0.545. The molecule has 31 heavy (non-hydrogen) atoms. The first-order valence-corrected chi connectivity index (χ1v) is 10.1. The van der Waals surface area contributed by atoms with E-state index >= 15 is 0 Å². The Morgan fingerprint density at radius 3 is 2.77 bits per heavy atom. The molecule has 2 fully saturated rings. The van der Waals surface area contributed by atoms with Gasteiger partial charge in [0.25, 0.3) is 0 Å². The summed E-state index contributed by atoms with van der Waals surface area (Å²) in [4.78, 5) is 29.3. The molecule has 9 heteroatoms. The van der Waals surface area contributed by atoms with Crippen LogP contribution >= 0.6 is 0 Å². The molecule has 9 nitrogen and oxygen atoms in total. The van der Waals surface area contributed by atoms with Gasteiger partial charge in [-0.1, -0.05) is 11.0 Å². The van der Waals surface area contributed by atoms with Crippen molar-refractivity contribution in [3.8, 4) is 18.1 Å². The monoisotopic (exact) mass is 424 g/mol. The lowest BCUT2D eigenvalue weighted by atomic mass is 9.81. The van der Waals surface area contributed by atoms with Gasteiger partial charge in [0, 0.05) is 42.6 Å². The van der Waals surface area contributed by atoms with Crippen LogP contribution in [0.4, 0.5) is 10.5 Å². The molecule has 1 aromatic carbocycles. The van der Waals surface area contributed by atoms with E-state index in [0.717, 1.165) is 11.3 Å². The molecule has 1 unspecified atom stereocenters. The van der Waals surface area contributed by atoms with Crippen LogP contribution in [0.5, 0.6) is 5.75 Å². The molecule has 4 rings (SSSR count). The van der Waals surface area contributed by atoms with Gasteiger partial charge in [-0.3, -0.25) is 9.69 Å². The minimum absolute atomic E-state index is 0.0863. The zero-order valence-electron chi connectivity index (χ0n) is 17.8. The Morgan fingerprint density at radius 1 is 1.39 bits per heavy atom. The molecule has 0 aromatic heterocycles. The summed E-state index contributed by atoms with van der Waals surface area (Å²) in [6.45, 7) is 1.60. The number of hydrogen-bond acceptors (Lipinski definition) is 6. The number of carbonyl (C=O) groups is 2. The number of nitrogens with zero attached hydrogens (tertiary/aromatic N) is 4. The van der Waals surface area contributed by atoms with Crippen LogP contribution in [0.1, 0.15) is 38.2 Å². The lowest BCUT2D eigenvalue weighted by Crippen LogP contribution is -2.49. The maximum absolute atomic E-state index is 13.0. The topological polar surface area (TPSA) is 114 Å². The van der Waals surface area contributed by atoms with E-state index in [-0.39, 0.29) is 12.5 Å². The van der Waals surface area contributed by atoms with Gasteiger partial charge in [-0.2, -0.15) is 0 Å². The second kappa shape index (κ2) is 7.10. The third kappa shape index (κ3) is 2.61.